The number of aliphatic hydroxyl groups is 1. The zero-order chi connectivity index (χ0) is 30.2. The molecule has 0 aliphatic carbocycles. The third-order valence-corrected chi connectivity index (χ3v) is 7.35. The Bertz CT molecular complexity index is 635. The highest BCUT2D eigenvalue weighted by Gasteiger charge is 2.16. The lowest BCUT2D eigenvalue weighted by Gasteiger charge is -2.15. The Labute approximate surface area is 251 Å². The second-order valence-electron chi connectivity index (χ2n) is 11.3. The molecule has 0 rings (SSSR count). The highest BCUT2D eigenvalue weighted by molar-refractivity contribution is 5.81. The molecule has 7 heteroatoms. The van der Waals surface area contributed by atoms with Crippen LogP contribution in [0.15, 0.2) is 12.7 Å². The molecule has 0 aromatic heterocycles. The molecule has 0 amide bonds. The predicted molar refractivity (Wildman–Crippen MR) is 166 cm³/mol. The minimum absolute atomic E-state index is 0.0871. The number of esters is 3. The molecule has 1 atom stereocenters. The van der Waals surface area contributed by atoms with Crippen molar-refractivity contribution < 1.29 is 33.7 Å². The summed E-state index contributed by atoms with van der Waals surface area (Å²) in [6, 6.07) is 0. The van der Waals surface area contributed by atoms with Crippen molar-refractivity contribution in [2.75, 3.05) is 19.8 Å². The van der Waals surface area contributed by atoms with Gasteiger partial charge < -0.3 is 19.3 Å². The minimum Gasteiger partial charge on any atom is -0.463 e. The van der Waals surface area contributed by atoms with Crippen molar-refractivity contribution >= 4 is 17.9 Å². The van der Waals surface area contributed by atoms with Crippen LogP contribution < -0.4 is 0 Å². The molecule has 7 nitrogen and oxygen atoms in total. The van der Waals surface area contributed by atoms with Gasteiger partial charge in [-0.1, -0.05) is 135 Å². The predicted octanol–water partition coefficient (Wildman–Crippen LogP) is 8.55. The third kappa shape index (κ3) is 29.4. The fraction of sp³-hybridized carbons (Fsp3) is 0.853. The van der Waals surface area contributed by atoms with E-state index in [4.69, 9.17) is 14.2 Å². The van der Waals surface area contributed by atoms with E-state index in [9.17, 15) is 19.5 Å². The monoisotopic (exact) mass is 582 g/mol. The second kappa shape index (κ2) is 31.1. The highest BCUT2D eigenvalue weighted by atomic mass is 16.6. The maximum atomic E-state index is 12.1. The normalized spacial score (nSPS) is 11.7. The van der Waals surface area contributed by atoms with Crippen LogP contribution in [-0.2, 0) is 28.6 Å². The fourth-order valence-corrected chi connectivity index (χ4v) is 4.75. The molecule has 41 heavy (non-hydrogen) atoms. The number of rotatable bonds is 31. The summed E-state index contributed by atoms with van der Waals surface area (Å²) in [5, 5.41) is 9.49. The van der Waals surface area contributed by atoms with Gasteiger partial charge >= 0.3 is 17.9 Å². The van der Waals surface area contributed by atoms with Crippen LogP contribution in [0.3, 0.4) is 0 Å². The van der Waals surface area contributed by atoms with Gasteiger partial charge in [-0.15, -0.1) is 0 Å². The molecular formula is C34H62O7. The molecule has 0 saturated heterocycles. The molecule has 0 saturated carbocycles. The molecule has 0 bridgehead atoms. The summed E-state index contributed by atoms with van der Waals surface area (Å²) in [5.41, 5.74) is 0. The van der Waals surface area contributed by atoms with Crippen LogP contribution in [0.25, 0.3) is 0 Å². The first kappa shape index (κ1) is 39.1. The van der Waals surface area contributed by atoms with E-state index >= 15 is 0 Å². The second-order valence-corrected chi connectivity index (χ2v) is 11.3. The largest absolute Gasteiger partial charge is 0.463 e. The first-order valence-electron chi connectivity index (χ1n) is 16.8. The van der Waals surface area contributed by atoms with Gasteiger partial charge in [-0.3, -0.25) is 9.59 Å². The molecule has 0 aromatic carbocycles. The molecule has 0 unspecified atom stereocenters. The number of unbranched alkanes of at least 4 members (excludes halogenated alkanes) is 20. The van der Waals surface area contributed by atoms with Gasteiger partial charge in [0, 0.05) is 18.9 Å². The first-order chi connectivity index (χ1) is 20.0. The van der Waals surface area contributed by atoms with Crippen LogP contribution in [0, 0.1) is 0 Å². The van der Waals surface area contributed by atoms with Crippen molar-refractivity contribution in [3.8, 4) is 0 Å². The van der Waals surface area contributed by atoms with E-state index in [1.807, 2.05) is 0 Å². The van der Waals surface area contributed by atoms with E-state index in [-0.39, 0.29) is 31.1 Å². The highest BCUT2D eigenvalue weighted by Crippen LogP contribution is 2.14. The van der Waals surface area contributed by atoms with E-state index < -0.39 is 6.10 Å². The topological polar surface area (TPSA) is 99.1 Å². The average Bonchev–Trinajstić information content (AvgIpc) is 2.97. The van der Waals surface area contributed by atoms with Crippen molar-refractivity contribution in [1.82, 2.24) is 0 Å². The van der Waals surface area contributed by atoms with Crippen LogP contribution >= 0.6 is 0 Å². The molecule has 0 aliphatic rings. The summed E-state index contributed by atoms with van der Waals surface area (Å²) in [5.74, 6) is -1.01. The summed E-state index contributed by atoms with van der Waals surface area (Å²) in [6.45, 7) is 5.64. The molecule has 0 spiro atoms. The lowest BCUT2D eigenvalue weighted by molar-refractivity contribution is -0.161. The molecule has 0 aliphatic heterocycles. The smallest absolute Gasteiger partial charge is 0.330 e. The summed E-state index contributed by atoms with van der Waals surface area (Å²) in [7, 11) is 0. The number of hydrogen-bond acceptors (Lipinski definition) is 7. The summed E-state index contributed by atoms with van der Waals surface area (Å²) < 4.78 is 15.5. The Hall–Kier alpha value is -1.89. The first-order valence-corrected chi connectivity index (χ1v) is 16.8. The van der Waals surface area contributed by atoms with E-state index in [1.54, 1.807) is 0 Å². The zero-order valence-electron chi connectivity index (χ0n) is 26.4. The summed E-state index contributed by atoms with van der Waals surface area (Å²) >= 11 is 0. The zero-order valence-corrected chi connectivity index (χ0v) is 26.4. The Morgan fingerprint density at radius 3 is 1.46 bits per heavy atom. The molecule has 0 aromatic rings. The van der Waals surface area contributed by atoms with Gasteiger partial charge in [0.15, 0.2) is 6.10 Å². The van der Waals surface area contributed by atoms with E-state index in [1.165, 1.54) is 70.3 Å². The van der Waals surface area contributed by atoms with E-state index in [0.717, 1.165) is 77.0 Å². The van der Waals surface area contributed by atoms with Crippen molar-refractivity contribution in [2.45, 2.75) is 167 Å². The SMILES string of the molecule is C=CC(=O)OCCCCCCCCCCCC(=O)O[C@@H](CO)COC(=O)CCCCCCCCCCCCCCC. The maximum absolute atomic E-state index is 12.1. The van der Waals surface area contributed by atoms with Gasteiger partial charge in [-0.05, 0) is 19.3 Å². The maximum Gasteiger partial charge on any atom is 0.330 e. The molecule has 0 heterocycles. The van der Waals surface area contributed by atoms with Gasteiger partial charge in [-0.2, -0.15) is 0 Å². The van der Waals surface area contributed by atoms with Gasteiger partial charge in [0.1, 0.15) is 6.61 Å². The van der Waals surface area contributed by atoms with Crippen molar-refractivity contribution in [1.29, 1.82) is 0 Å². The van der Waals surface area contributed by atoms with Gasteiger partial charge in [0.25, 0.3) is 0 Å². The van der Waals surface area contributed by atoms with E-state index in [2.05, 4.69) is 13.5 Å². The minimum atomic E-state index is -0.793. The van der Waals surface area contributed by atoms with Crippen molar-refractivity contribution in [3.63, 3.8) is 0 Å². The molecule has 1 N–H and O–H groups in total. The molecule has 0 fully saturated rings. The number of ether oxygens (including phenoxy) is 3. The van der Waals surface area contributed by atoms with Gasteiger partial charge in [-0.25, -0.2) is 4.79 Å². The Morgan fingerprint density at radius 2 is 1.02 bits per heavy atom. The van der Waals surface area contributed by atoms with Crippen molar-refractivity contribution in [2.24, 2.45) is 0 Å². The van der Waals surface area contributed by atoms with Gasteiger partial charge in [0.05, 0.1) is 13.2 Å². The molecule has 0 radical (unpaired) electrons. The van der Waals surface area contributed by atoms with Gasteiger partial charge in [0.2, 0.25) is 0 Å². The van der Waals surface area contributed by atoms with E-state index in [0.29, 0.717) is 19.4 Å². The lowest BCUT2D eigenvalue weighted by Crippen LogP contribution is -2.28. The number of carbonyl (C=O) groups excluding carboxylic acids is 3. The fourth-order valence-electron chi connectivity index (χ4n) is 4.75. The van der Waals surface area contributed by atoms with Crippen LogP contribution in [0.2, 0.25) is 0 Å². The Morgan fingerprint density at radius 1 is 0.610 bits per heavy atom. The average molecular weight is 583 g/mol. The lowest BCUT2D eigenvalue weighted by atomic mass is 10.0. The number of carbonyl (C=O) groups is 3. The standard InChI is InChI=1S/C34H62O7/c1-3-5-6-7-8-9-10-11-12-14-17-20-23-26-33(37)40-30-31(29-35)41-34(38)27-24-21-18-15-13-16-19-22-25-28-39-32(36)4-2/h4,31,35H,2-3,5-30H2,1H3/t31-/m0/s1. The molecular weight excluding hydrogens is 520 g/mol. The number of aliphatic hydroxyl groups excluding tert-OH is 1. The number of hydrogen-bond donors (Lipinski definition) is 1. The van der Waals surface area contributed by atoms with Crippen molar-refractivity contribution in [3.05, 3.63) is 12.7 Å². The molecule has 240 valence electrons. The van der Waals surface area contributed by atoms with Crippen LogP contribution in [0.5, 0.6) is 0 Å². The third-order valence-electron chi connectivity index (χ3n) is 7.35. The van der Waals surface area contributed by atoms with Crippen LogP contribution in [0.1, 0.15) is 161 Å². The quantitative estimate of drug-likeness (QED) is 0.0378. The summed E-state index contributed by atoms with van der Waals surface area (Å²) in [6.07, 6.45) is 26.7. The Balaban J connectivity index is 3.55. The Kier molecular flexibility index (Phi) is 29.6. The summed E-state index contributed by atoms with van der Waals surface area (Å²) in [4.78, 5) is 35.0. The van der Waals surface area contributed by atoms with Crippen LogP contribution in [0.4, 0.5) is 0 Å². The van der Waals surface area contributed by atoms with Crippen LogP contribution in [-0.4, -0.2) is 48.9 Å².